The normalized spacial score (nSPS) is 15.4. The number of rotatable bonds is 1. The highest BCUT2D eigenvalue weighted by Gasteiger charge is 2.24. The van der Waals surface area contributed by atoms with Gasteiger partial charge in [0, 0.05) is 35.6 Å². The van der Waals surface area contributed by atoms with E-state index in [0.29, 0.717) is 0 Å². The first kappa shape index (κ1) is 17.3. The number of morpholine rings is 1. The molecule has 1 aliphatic rings. The van der Waals surface area contributed by atoms with Gasteiger partial charge < -0.3 is 14.0 Å². The van der Waals surface area contributed by atoms with Gasteiger partial charge in [0.05, 0.1) is 40.5 Å². The average Bonchev–Trinajstić information content (AvgIpc) is 3.15. The Morgan fingerprint density at radius 2 is 1.71 bits per heavy atom. The van der Waals surface area contributed by atoms with Crippen LogP contribution in [0.4, 0.5) is 5.69 Å². The number of aryl methyl sites for hydroxylation is 2. The summed E-state index contributed by atoms with van der Waals surface area (Å²) in [6.45, 7) is 5.71. The third-order valence-corrected chi connectivity index (χ3v) is 7.10. The van der Waals surface area contributed by atoms with Gasteiger partial charge >= 0.3 is 0 Å². The fourth-order valence-corrected chi connectivity index (χ4v) is 5.66. The van der Waals surface area contributed by atoms with Crippen molar-refractivity contribution in [3.8, 4) is 0 Å². The number of hydrogen-bond donors (Lipinski definition) is 0. The summed E-state index contributed by atoms with van der Waals surface area (Å²) in [7, 11) is 2.17. The average molecular weight is 407 g/mol. The lowest BCUT2D eigenvalue weighted by Gasteiger charge is -2.29. The third kappa shape index (κ3) is 2.20. The van der Waals surface area contributed by atoms with Crippen LogP contribution in [0.25, 0.3) is 49.0 Å². The van der Waals surface area contributed by atoms with Gasteiger partial charge in [-0.15, -0.1) is 0 Å². The molecule has 31 heavy (non-hydrogen) atoms. The molecule has 0 unspecified atom stereocenters. The van der Waals surface area contributed by atoms with Crippen molar-refractivity contribution in [2.45, 2.75) is 6.92 Å². The second kappa shape index (κ2) is 6.08. The highest BCUT2D eigenvalue weighted by molar-refractivity contribution is 6.26. The maximum atomic E-state index is 5.61. The topological polar surface area (TPSA) is 20.8 Å². The van der Waals surface area contributed by atoms with Crippen LogP contribution in [0.3, 0.4) is 0 Å². The summed E-state index contributed by atoms with van der Waals surface area (Å²) in [6.07, 6.45) is 2.21. The first-order valence-electron chi connectivity index (χ1n) is 11.0. The second-order valence-electron chi connectivity index (χ2n) is 8.81. The van der Waals surface area contributed by atoms with Gasteiger partial charge in [-0.1, -0.05) is 30.3 Å². The van der Waals surface area contributed by atoms with Crippen molar-refractivity contribution in [1.29, 1.82) is 0 Å². The molecule has 3 aromatic carbocycles. The molecule has 4 heterocycles. The molecule has 0 bridgehead atoms. The van der Waals surface area contributed by atoms with Crippen LogP contribution in [0.2, 0.25) is 0 Å². The van der Waals surface area contributed by atoms with Gasteiger partial charge in [0.25, 0.3) is 0 Å². The monoisotopic (exact) mass is 406 g/mol. The van der Waals surface area contributed by atoms with Crippen molar-refractivity contribution in [3.05, 3.63) is 66.4 Å². The van der Waals surface area contributed by atoms with Crippen molar-refractivity contribution < 1.29 is 9.30 Å². The predicted octanol–water partition coefficient (Wildman–Crippen LogP) is 4.96. The van der Waals surface area contributed by atoms with Crippen LogP contribution in [0.5, 0.6) is 0 Å². The Morgan fingerprint density at radius 3 is 2.58 bits per heavy atom. The van der Waals surface area contributed by atoms with Crippen molar-refractivity contribution >= 4 is 54.7 Å². The molecule has 0 aliphatic carbocycles. The first-order valence-corrected chi connectivity index (χ1v) is 11.0. The molecule has 0 saturated carbocycles. The van der Waals surface area contributed by atoms with E-state index in [1.807, 2.05) is 0 Å². The van der Waals surface area contributed by atoms with Gasteiger partial charge in [0.1, 0.15) is 7.05 Å². The number of fused-ring (bicyclic) bond motifs is 5. The summed E-state index contributed by atoms with van der Waals surface area (Å²) in [5.74, 6) is 0. The number of anilines is 1. The summed E-state index contributed by atoms with van der Waals surface area (Å²) in [5.41, 5.74) is 7.82. The molecule has 4 heteroatoms. The molecule has 0 N–H and O–H groups in total. The molecule has 1 saturated heterocycles. The van der Waals surface area contributed by atoms with E-state index < -0.39 is 0 Å². The molecular weight excluding hydrogens is 382 g/mol. The van der Waals surface area contributed by atoms with Gasteiger partial charge in [0.2, 0.25) is 5.52 Å². The fraction of sp³-hybridized carbons (Fsp3) is 0.222. The SMILES string of the molecule is Cc1ccc2c3ccccc3n3c4cc(N5CCOCC5)cc5cc[n+](C)c(c1c23)c54. The molecule has 1 aliphatic heterocycles. The number of aromatic nitrogens is 2. The number of benzene rings is 3. The van der Waals surface area contributed by atoms with Gasteiger partial charge in [-0.2, -0.15) is 0 Å². The van der Waals surface area contributed by atoms with Crippen LogP contribution >= 0.6 is 0 Å². The summed E-state index contributed by atoms with van der Waals surface area (Å²) in [4.78, 5) is 2.46. The molecule has 3 aromatic heterocycles. The Morgan fingerprint density at radius 1 is 0.871 bits per heavy atom. The minimum absolute atomic E-state index is 0.793. The molecule has 4 nitrogen and oxygen atoms in total. The Balaban J connectivity index is 1.78. The minimum atomic E-state index is 0.793. The summed E-state index contributed by atoms with van der Waals surface area (Å²) in [6, 6.07) is 20.4. The fourth-order valence-electron chi connectivity index (χ4n) is 5.66. The van der Waals surface area contributed by atoms with E-state index in [0.717, 1.165) is 26.3 Å². The van der Waals surface area contributed by atoms with Crippen LogP contribution < -0.4 is 9.47 Å². The van der Waals surface area contributed by atoms with Gasteiger partial charge in [-0.3, -0.25) is 0 Å². The number of para-hydroxylation sites is 1. The van der Waals surface area contributed by atoms with E-state index >= 15 is 0 Å². The third-order valence-electron chi connectivity index (χ3n) is 7.10. The number of pyridine rings is 2. The summed E-state index contributed by atoms with van der Waals surface area (Å²) in [5, 5.41) is 6.64. The zero-order valence-electron chi connectivity index (χ0n) is 17.9. The molecule has 7 rings (SSSR count). The summed E-state index contributed by atoms with van der Waals surface area (Å²) < 4.78 is 10.4. The van der Waals surface area contributed by atoms with E-state index in [1.165, 1.54) is 60.2 Å². The van der Waals surface area contributed by atoms with Crippen LogP contribution in [-0.2, 0) is 11.8 Å². The van der Waals surface area contributed by atoms with Crippen molar-refractivity contribution in [2.24, 2.45) is 7.05 Å². The maximum absolute atomic E-state index is 5.61. The first-order chi connectivity index (χ1) is 15.2. The summed E-state index contributed by atoms with van der Waals surface area (Å²) >= 11 is 0. The largest absolute Gasteiger partial charge is 0.378 e. The van der Waals surface area contributed by atoms with E-state index in [-0.39, 0.29) is 0 Å². The van der Waals surface area contributed by atoms with Crippen LogP contribution in [-0.4, -0.2) is 30.7 Å². The molecule has 152 valence electrons. The number of nitrogens with zero attached hydrogens (tertiary/aromatic N) is 3. The molecule has 0 amide bonds. The van der Waals surface area contributed by atoms with Crippen molar-refractivity contribution in [1.82, 2.24) is 4.40 Å². The van der Waals surface area contributed by atoms with E-state index in [1.54, 1.807) is 0 Å². The van der Waals surface area contributed by atoms with Gasteiger partial charge in [0.15, 0.2) is 6.20 Å². The molecule has 6 aromatic rings. The second-order valence-corrected chi connectivity index (χ2v) is 8.81. The molecular formula is C27H24N3O+. The van der Waals surface area contributed by atoms with Crippen LogP contribution in [0, 0.1) is 6.92 Å². The standard InChI is InChI=1S/C27H24N3O/c1-17-7-8-21-20-5-3-4-6-22(20)30-23-16-19(29-11-13-31-14-12-29)15-18-9-10-28(2)27(25(18)23)24(17)26(21)30/h3-10,15-16H,11-14H2,1-2H3/q+1. The Bertz CT molecular complexity index is 1640. The lowest BCUT2D eigenvalue weighted by Crippen LogP contribution is -2.36. The Kier molecular flexibility index (Phi) is 3.40. The zero-order chi connectivity index (χ0) is 20.7. The Hall–Kier alpha value is -3.37. The zero-order valence-corrected chi connectivity index (χ0v) is 17.9. The van der Waals surface area contributed by atoms with Gasteiger partial charge in [-0.05, 0) is 36.1 Å². The van der Waals surface area contributed by atoms with Crippen molar-refractivity contribution in [3.63, 3.8) is 0 Å². The maximum Gasteiger partial charge on any atom is 0.224 e. The highest BCUT2D eigenvalue weighted by atomic mass is 16.5. The van der Waals surface area contributed by atoms with Crippen molar-refractivity contribution in [2.75, 3.05) is 31.2 Å². The number of ether oxygens (including phenoxy) is 1. The van der Waals surface area contributed by atoms with Gasteiger partial charge in [-0.25, -0.2) is 4.57 Å². The van der Waals surface area contributed by atoms with Crippen LogP contribution in [0.15, 0.2) is 60.8 Å². The highest BCUT2D eigenvalue weighted by Crippen LogP contribution is 2.41. The minimum Gasteiger partial charge on any atom is -0.378 e. The van der Waals surface area contributed by atoms with E-state index in [9.17, 15) is 0 Å². The quantitative estimate of drug-likeness (QED) is 0.219. The molecule has 0 spiro atoms. The predicted molar refractivity (Wildman–Crippen MR) is 128 cm³/mol. The van der Waals surface area contributed by atoms with Crippen LogP contribution in [0.1, 0.15) is 5.56 Å². The van der Waals surface area contributed by atoms with E-state index in [4.69, 9.17) is 4.74 Å². The molecule has 0 atom stereocenters. The Labute approximate surface area is 180 Å². The van der Waals surface area contributed by atoms with E-state index in [2.05, 4.69) is 88.6 Å². The lowest BCUT2D eigenvalue weighted by molar-refractivity contribution is -0.643. The lowest BCUT2D eigenvalue weighted by atomic mass is 9.99. The molecule has 1 fully saturated rings. The smallest absolute Gasteiger partial charge is 0.224 e. The molecule has 0 radical (unpaired) electrons. The number of hydrogen-bond acceptors (Lipinski definition) is 2.